The Labute approximate surface area is 149 Å². The second kappa shape index (κ2) is 10.5. The largest absolute Gasteiger partial charge is 0.425 e. The van der Waals surface area contributed by atoms with Gasteiger partial charge in [-0.2, -0.15) is 26.3 Å². The number of carbonyl (C=O) groups is 1. The summed E-state index contributed by atoms with van der Waals surface area (Å²) in [5, 5.41) is 0. The predicted octanol–water partition coefficient (Wildman–Crippen LogP) is 6.08. The number of rotatable bonds is 11. The van der Waals surface area contributed by atoms with E-state index in [9.17, 15) is 31.1 Å². The smallest absolute Gasteiger partial charge is 0.341 e. The van der Waals surface area contributed by atoms with Crippen LogP contribution in [0.1, 0.15) is 65.2 Å². The Hall–Kier alpha value is -0.660. The van der Waals surface area contributed by atoms with Gasteiger partial charge >= 0.3 is 17.2 Å². The van der Waals surface area contributed by atoms with E-state index >= 15 is 0 Å². The van der Waals surface area contributed by atoms with Crippen LogP contribution in [0.15, 0.2) is 0 Å². The fourth-order valence-electron chi connectivity index (χ4n) is 2.39. The van der Waals surface area contributed by atoms with Crippen LogP contribution in [0.2, 0.25) is 0 Å². The molecule has 0 aromatic rings. The zero-order chi connectivity index (χ0) is 19.7. The van der Waals surface area contributed by atoms with Crippen molar-refractivity contribution in [1.82, 2.24) is 4.90 Å². The molecule has 1 amide bonds. The molecule has 0 saturated carbocycles. The molecule has 0 radical (unpaired) electrons. The molecule has 0 rings (SSSR count). The molecule has 0 saturated heterocycles. The van der Waals surface area contributed by atoms with Gasteiger partial charge in [0, 0.05) is 13.1 Å². The minimum atomic E-state index is -5.92. The summed E-state index contributed by atoms with van der Waals surface area (Å²) >= 11 is 4.88. The molecular weight excluding hydrogens is 372 g/mol. The molecule has 0 spiro atoms. The molecule has 0 aliphatic carbocycles. The topological polar surface area (TPSA) is 20.3 Å². The molecule has 2 nitrogen and oxygen atoms in total. The van der Waals surface area contributed by atoms with E-state index in [1.807, 2.05) is 13.8 Å². The summed E-state index contributed by atoms with van der Waals surface area (Å²) in [6.07, 6.45) is -6.60. The van der Waals surface area contributed by atoms with Crippen molar-refractivity contribution in [2.45, 2.75) is 82.4 Å². The zero-order valence-corrected chi connectivity index (χ0v) is 15.3. The first-order valence-corrected chi connectivity index (χ1v) is 8.93. The zero-order valence-electron chi connectivity index (χ0n) is 14.6. The van der Waals surface area contributed by atoms with E-state index in [0.717, 1.165) is 25.7 Å². The highest BCUT2D eigenvalue weighted by molar-refractivity contribution is 6.36. The molecule has 25 heavy (non-hydrogen) atoms. The molecule has 150 valence electrons. The predicted molar refractivity (Wildman–Crippen MR) is 85.6 cm³/mol. The lowest BCUT2D eigenvalue weighted by molar-refractivity contribution is -0.263. The summed E-state index contributed by atoms with van der Waals surface area (Å²) in [4.78, 5) is 7.87. The highest BCUT2D eigenvalue weighted by Gasteiger charge is 2.75. The van der Waals surface area contributed by atoms with E-state index in [2.05, 4.69) is 0 Å². The number of hydrogen-bond acceptors (Lipinski definition) is 1. The lowest BCUT2D eigenvalue weighted by Gasteiger charge is -2.35. The quantitative estimate of drug-likeness (QED) is 0.235. The minimum Gasteiger partial charge on any atom is -0.341 e. The van der Waals surface area contributed by atoms with Crippen molar-refractivity contribution in [3.8, 4) is 0 Å². The van der Waals surface area contributed by atoms with Gasteiger partial charge in [0.1, 0.15) is 0 Å². The summed E-state index contributed by atoms with van der Waals surface area (Å²) < 4.78 is 78.0. The molecule has 0 aliphatic rings. The molecule has 0 aliphatic heterocycles. The first-order chi connectivity index (χ1) is 11.4. The van der Waals surface area contributed by atoms with Gasteiger partial charge in [-0.05, 0) is 12.8 Å². The lowest BCUT2D eigenvalue weighted by atomic mass is 10.0. The summed E-state index contributed by atoms with van der Waals surface area (Å²) in [6.45, 7) is 3.52. The van der Waals surface area contributed by atoms with Crippen molar-refractivity contribution in [1.29, 1.82) is 0 Å². The minimum absolute atomic E-state index is 0.161. The molecule has 0 aromatic heterocycles. The van der Waals surface area contributed by atoms with Gasteiger partial charge in [-0.15, -0.1) is 0 Å². The van der Waals surface area contributed by atoms with Gasteiger partial charge in [0.25, 0.3) is 5.91 Å². The maximum atomic E-state index is 13.0. The Kier molecular flexibility index (Phi) is 10.2. The van der Waals surface area contributed by atoms with Gasteiger partial charge in [-0.3, -0.25) is 4.79 Å². The molecule has 0 fully saturated rings. The number of alkyl halides is 7. The standard InChI is InChI=1S/C16H26ClF6NO/c1-3-5-7-9-11-24(12-10-8-6-4-2)13(25)14(17,15(18,19)20)16(21,22)23/h3-12H2,1-2H3. The molecule has 0 aromatic carbocycles. The number of halogens is 7. The summed E-state index contributed by atoms with van der Waals surface area (Å²) in [7, 11) is 0. The Morgan fingerprint density at radius 3 is 1.40 bits per heavy atom. The van der Waals surface area contributed by atoms with E-state index in [1.165, 1.54) is 0 Å². The molecule has 0 heterocycles. The van der Waals surface area contributed by atoms with Crippen LogP contribution in [0.4, 0.5) is 26.3 Å². The fraction of sp³-hybridized carbons (Fsp3) is 0.938. The highest BCUT2D eigenvalue weighted by Crippen LogP contribution is 2.49. The van der Waals surface area contributed by atoms with E-state index < -0.39 is 23.1 Å². The van der Waals surface area contributed by atoms with Crippen molar-refractivity contribution >= 4 is 17.5 Å². The van der Waals surface area contributed by atoms with Gasteiger partial charge in [-0.25, -0.2) is 0 Å². The van der Waals surface area contributed by atoms with Crippen molar-refractivity contribution in [3.63, 3.8) is 0 Å². The second-order valence-corrected chi connectivity index (χ2v) is 6.63. The number of nitrogens with zero attached hydrogens (tertiary/aromatic N) is 1. The average molecular weight is 398 g/mol. The number of carbonyl (C=O) groups excluding carboxylic acids is 1. The van der Waals surface area contributed by atoms with E-state index in [1.54, 1.807) is 0 Å². The lowest BCUT2D eigenvalue weighted by Crippen LogP contribution is -2.62. The average Bonchev–Trinajstić information content (AvgIpc) is 2.49. The number of hydrogen-bond donors (Lipinski definition) is 0. The Bertz CT molecular complexity index is 371. The van der Waals surface area contributed by atoms with Crippen LogP contribution in [0.5, 0.6) is 0 Å². The molecule has 0 unspecified atom stereocenters. The third-order valence-electron chi connectivity index (χ3n) is 3.93. The van der Waals surface area contributed by atoms with Crippen LogP contribution in [0.25, 0.3) is 0 Å². The molecule has 9 heteroatoms. The Morgan fingerprint density at radius 2 is 1.12 bits per heavy atom. The van der Waals surface area contributed by atoms with Crippen LogP contribution in [-0.2, 0) is 4.79 Å². The monoisotopic (exact) mass is 397 g/mol. The van der Waals surface area contributed by atoms with Crippen LogP contribution >= 0.6 is 11.6 Å². The Balaban J connectivity index is 5.30. The molecule has 0 bridgehead atoms. The summed E-state index contributed by atoms with van der Waals surface area (Å²) in [5.41, 5.74) is 0. The first-order valence-electron chi connectivity index (χ1n) is 8.55. The summed E-state index contributed by atoms with van der Waals surface area (Å²) in [6, 6.07) is 0. The molecule has 0 N–H and O–H groups in total. The van der Waals surface area contributed by atoms with Gasteiger partial charge in [0.05, 0.1) is 0 Å². The van der Waals surface area contributed by atoms with Crippen LogP contribution in [0, 0.1) is 0 Å². The van der Waals surface area contributed by atoms with E-state index in [-0.39, 0.29) is 13.1 Å². The maximum Gasteiger partial charge on any atom is 0.425 e. The van der Waals surface area contributed by atoms with E-state index in [0.29, 0.717) is 30.6 Å². The highest BCUT2D eigenvalue weighted by atomic mass is 35.5. The van der Waals surface area contributed by atoms with Crippen molar-refractivity contribution in [3.05, 3.63) is 0 Å². The molecular formula is C16H26ClF6NO. The van der Waals surface area contributed by atoms with Gasteiger partial charge in [0.15, 0.2) is 0 Å². The van der Waals surface area contributed by atoms with Gasteiger partial charge < -0.3 is 4.90 Å². The van der Waals surface area contributed by atoms with Gasteiger partial charge in [-0.1, -0.05) is 64.0 Å². The SMILES string of the molecule is CCCCCCN(CCCCCC)C(=O)C(Cl)(C(F)(F)F)C(F)(F)F. The second-order valence-electron chi connectivity index (χ2n) is 6.07. The van der Waals surface area contributed by atoms with Crippen molar-refractivity contribution < 1.29 is 31.1 Å². The third-order valence-corrected chi connectivity index (χ3v) is 4.52. The van der Waals surface area contributed by atoms with Crippen LogP contribution in [0.3, 0.4) is 0 Å². The van der Waals surface area contributed by atoms with Gasteiger partial charge in [0.2, 0.25) is 0 Å². The number of amides is 1. The normalized spacial score (nSPS) is 13.2. The fourth-order valence-corrected chi connectivity index (χ4v) is 2.51. The maximum absolute atomic E-state index is 13.0. The van der Waals surface area contributed by atoms with Crippen LogP contribution < -0.4 is 0 Å². The molecule has 0 atom stereocenters. The third kappa shape index (κ3) is 6.87. The van der Waals surface area contributed by atoms with Crippen molar-refractivity contribution in [2.75, 3.05) is 13.1 Å². The number of unbranched alkanes of at least 4 members (excludes halogenated alkanes) is 6. The summed E-state index contributed by atoms with van der Waals surface area (Å²) in [5.74, 6) is -2.12. The van der Waals surface area contributed by atoms with E-state index in [4.69, 9.17) is 11.6 Å². The first kappa shape index (κ1) is 24.3. The van der Waals surface area contributed by atoms with Crippen molar-refractivity contribution in [2.24, 2.45) is 0 Å². The Morgan fingerprint density at radius 1 is 0.760 bits per heavy atom. The van der Waals surface area contributed by atoms with Crippen LogP contribution in [-0.4, -0.2) is 41.1 Å².